The van der Waals surface area contributed by atoms with Crippen LogP contribution in [0.5, 0.6) is 0 Å². The van der Waals surface area contributed by atoms with Gasteiger partial charge in [-0.05, 0) is 122 Å². The Bertz CT molecular complexity index is 2520. The quantitative estimate of drug-likeness (QED) is 0.0169. The monoisotopic (exact) mass is 1440 g/mol. The SMILES string of the molecule is CC/C=C\C/C=C\C/C=C\C/C=C\C/C=C\CCCC(=O)OCC(COP(=O)(O)OCC(O)COP(=O)(O)OCC(COC(=O)C/C=C\C/C=C\C/C=C\C/C=C\C/C=C\CC)OC(=O)CCCCCCCCCCCCC)OC(=O)CCCCCCCCC/C=C\C/C=C\C/C=C\CC. The molecule has 0 fully saturated rings. The third-order valence-electron chi connectivity index (χ3n) is 15.0. The summed E-state index contributed by atoms with van der Waals surface area (Å²) in [6, 6.07) is 0. The number of hydrogen-bond acceptors (Lipinski definition) is 15. The molecular weight excluding hydrogens is 1310 g/mol. The van der Waals surface area contributed by atoms with Crippen molar-refractivity contribution in [2.24, 2.45) is 0 Å². The van der Waals surface area contributed by atoms with Crippen molar-refractivity contribution in [3.8, 4) is 0 Å². The van der Waals surface area contributed by atoms with Crippen molar-refractivity contribution >= 4 is 39.5 Å². The van der Waals surface area contributed by atoms with E-state index in [-0.39, 0.29) is 25.7 Å². The van der Waals surface area contributed by atoms with E-state index >= 15 is 0 Å². The Balaban J connectivity index is 5.47. The summed E-state index contributed by atoms with van der Waals surface area (Å²) >= 11 is 0. The largest absolute Gasteiger partial charge is 0.472 e. The maximum Gasteiger partial charge on any atom is 0.472 e. The van der Waals surface area contributed by atoms with Crippen molar-refractivity contribution in [3.05, 3.63) is 158 Å². The molecule has 17 nitrogen and oxygen atoms in total. The highest BCUT2D eigenvalue weighted by Gasteiger charge is 2.30. The Labute approximate surface area is 604 Å². The number of rotatable bonds is 69. The van der Waals surface area contributed by atoms with Crippen LogP contribution in [0.2, 0.25) is 0 Å². The second-order valence-electron chi connectivity index (χ2n) is 24.5. The van der Waals surface area contributed by atoms with Crippen LogP contribution in [0.15, 0.2) is 158 Å². The van der Waals surface area contributed by atoms with Crippen LogP contribution < -0.4 is 0 Å². The Morgan fingerprint density at radius 3 is 0.920 bits per heavy atom. The molecule has 0 bridgehead atoms. The van der Waals surface area contributed by atoms with Crippen molar-refractivity contribution in [1.29, 1.82) is 0 Å². The van der Waals surface area contributed by atoms with E-state index < -0.39 is 97.5 Å². The van der Waals surface area contributed by atoms with Crippen molar-refractivity contribution < 1.29 is 80.2 Å². The number of allylic oxidation sites excluding steroid dienone is 25. The standard InChI is InChI=1S/C81H132O17P2/c1-5-9-13-17-21-25-29-32-35-37-40-43-47-50-54-58-62-66-79(84)92-72-77(98-81(86)68-64-60-56-52-48-44-41-38-36-33-30-26-22-18-14-10-6-2)74-96-100(89,90)94-70-75(82)69-93-99(87,88)95-73-76(97-80(85)67-63-59-55-51-45-28-24-20-16-12-8-4)71-91-78(83)65-61-57-53-49-46-42-39-34-31-27-23-19-15-11-7-3/h9-11,13-15,21-23,25-27,32-36,39-40,43,46,49-50,54,57,61,75-77,82H,5-8,12,16-20,24,28-31,37-38,41-42,44-45,47-48,51-53,55-56,58-60,62-74H2,1-4H3,(H,87,88)(H,89,90)/b13-9-,14-10-,15-11-,25-21-,26-22-,27-23-,35-32-,36-33-,39-34-,43-40-,49-46-,54-50-,61-57-. The number of ether oxygens (including phenoxy) is 4. The molecule has 0 rings (SSSR count). The molecule has 0 amide bonds. The van der Waals surface area contributed by atoms with Gasteiger partial charge in [-0.15, -0.1) is 0 Å². The van der Waals surface area contributed by atoms with Gasteiger partial charge in [-0.25, -0.2) is 9.13 Å². The van der Waals surface area contributed by atoms with Crippen LogP contribution in [0, 0.1) is 0 Å². The van der Waals surface area contributed by atoms with Crippen molar-refractivity contribution in [1.82, 2.24) is 0 Å². The summed E-state index contributed by atoms with van der Waals surface area (Å²) in [5.41, 5.74) is 0. The van der Waals surface area contributed by atoms with Gasteiger partial charge in [0.15, 0.2) is 12.2 Å². The van der Waals surface area contributed by atoms with Gasteiger partial charge in [-0.2, -0.15) is 0 Å². The molecule has 0 aliphatic rings. The van der Waals surface area contributed by atoms with Gasteiger partial charge in [0, 0.05) is 19.3 Å². The fourth-order valence-electron chi connectivity index (χ4n) is 9.40. The molecule has 0 aromatic heterocycles. The van der Waals surface area contributed by atoms with Gasteiger partial charge in [-0.3, -0.25) is 37.3 Å². The van der Waals surface area contributed by atoms with E-state index in [0.717, 1.165) is 148 Å². The van der Waals surface area contributed by atoms with E-state index in [1.807, 2.05) is 30.4 Å². The zero-order valence-electron chi connectivity index (χ0n) is 61.8. The molecule has 3 N–H and O–H groups in total. The topological polar surface area (TPSA) is 237 Å². The van der Waals surface area contributed by atoms with Gasteiger partial charge in [0.1, 0.15) is 19.3 Å². The van der Waals surface area contributed by atoms with Crippen molar-refractivity contribution in [3.63, 3.8) is 0 Å². The highest BCUT2D eigenvalue weighted by Crippen LogP contribution is 2.45. The van der Waals surface area contributed by atoms with E-state index in [2.05, 4.69) is 149 Å². The number of phosphoric ester groups is 2. The van der Waals surface area contributed by atoms with Crippen LogP contribution in [-0.2, 0) is 65.4 Å². The maximum absolute atomic E-state index is 13.1. The van der Waals surface area contributed by atoms with Crippen LogP contribution in [0.3, 0.4) is 0 Å². The molecular formula is C81H132O17P2. The van der Waals surface area contributed by atoms with E-state index in [1.54, 1.807) is 6.08 Å². The predicted molar refractivity (Wildman–Crippen MR) is 408 cm³/mol. The zero-order chi connectivity index (χ0) is 73.2. The Kier molecular flexibility index (Phi) is 68.2. The van der Waals surface area contributed by atoms with Gasteiger partial charge >= 0.3 is 39.5 Å². The number of phosphoric acid groups is 2. The molecule has 5 atom stereocenters. The van der Waals surface area contributed by atoms with Gasteiger partial charge < -0.3 is 33.8 Å². The molecule has 0 radical (unpaired) electrons. The van der Waals surface area contributed by atoms with Gasteiger partial charge in [0.2, 0.25) is 0 Å². The van der Waals surface area contributed by atoms with Crippen molar-refractivity contribution in [2.45, 2.75) is 290 Å². The third kappa shape index (κ3) is 71.1. The second kappa shape index (κ2) is 72.0. The fourth-order valence-corrected chi connectivity index (χ4v) is 11.0. The first-order chi connectivity index (χ1) is 48.7. The molecule has 568 valence electrons. The van der Waals surface area contributed by atoms with Gasteiger partial charge in [0.05, 0.1) is 32.8 Å². The molecule has 0 aliphatic heterocycles. The van der Waals surface area contributed by atoms with Crippen LogP contribution in [0.4, 0.5) is 0 Å². The maximum atomic E-state index is 13.1. The molecule has 19 heteroatoms. The first kappa shape index (κ1) is 94.7. The van der Waals surface area contributed by atoms with E-state index in [9.17, 15) is 43.2 Å². The number of aliphatic hydroxyl groups excluding tert-OH is 1. The summed E-state index contributed by atoms with van der Waals surface area (Å²) in [6.07, 6.45) is 82.8. The molecule has 0 saturated carbocycles. The number of aliphatic hydroxyl groups is 1. The minimum absolute atomic E-state index is 0.0644. The van der Waals surface area contributed by atoms with Crippen LogP contribution in [0.1, 0.15) is 272 Å². The zero-order valence-corrected chi connectivity index (χ0v) is 63.6. The Morgan fingerprint density at radius 1 is 0.300 bits per heavy atom. The lowest BCUT2D eigenvalue weighted by molar-refractivity contribution is -0.161. The lowest BCUT2D eigenvalue weighted by Gasteiger charge is -2.21. The van der Waals surface area contributed by atoms with E-state index in [4.69, 9.17) is 37.0 Å². The number of carbonyl (C=O) groups is 4. The number of hydrogen-bond donors (Lipinski definition) is 3. The third-order valence-corrected chi connectivity index (χ3v) is 16.9. The van der Waals surface area contributed by atoms with Crippen molar-refractivity contribution in [2.75, 3.05) is 39.6 Å². The molecule has 0 aliphatic carbocycles. The predicted octanol–water partition coefficient (Wildman–Crippen LogP) is 21.7. The van der Waals surface area contributed by atoms with Gasteiger partial charge in [0.25, 0.3) is 0 Å². The summed E-state index contributed by atoms with van der Waals surface area (Å²) < 4.78 is 68.2. The lowest BCUT2D eigenvalue weighted by Crippen LogP contribution is -2.30. The average Bonchev–Trinajstić information content (AvgIpc) is 1.00. The van der Waals surface area contributed by atoms with E-state index in [1.165, 1.54) is 38.5 Å². The fraction of sp³-hybridized carbons (Fsp3) is 0.630. The first-order valence-electron chi connectivity index (χ1n) is 37.7. The highest BCUT2D eigenvalue weighted by atomic mass is 31.2. The minimum Gasteiger partial charge on any atom is -0.462 e. The van der Waals surface area contributed by atoms with Crippen LogP contribution in [0.25, 0.3) is 0 Å². The molecule has 0 heterocycles. The Hall–Kier alpha value is -5.32. The molecule has 0 spiro atoms. The average molecular weight is 1440 g/mol. The van der Waals surface area contributed by atoms with Crippen LogP contribution >= 0.6 is 15.6 Å². The number of carbonyl (C=O) groups excluding carboxylic acids is 4. The number of esters is 4. The summed E-state index contributed by atoms with van der Waals surface area (Å²) in [5.74, 6) is -2.41. The summed E-state index contributed by atoms with van der Waals surface area (Å²) in [7, 11) is -10.00. The van der Waals surface area contributed by atoms with E-state index in [0.29, 0.717) is 32.1 Å². The molecule has 5 unspecified atom stereocenters. The molecule has 0 saturated heterocycles. The normalized spacial score (nSPS) is 14.8. The minimum atomic E-state index is -5.00. The summed E-state index contributed by atoms with van der Waals surface area (Å²) in [4.78, 5) is 72.7. The van der Waals surface area contributed by atoms with Crippen LogP contribution in [-0.4, -0.2) is 96.7 Å². The number of unbranched alkanes of at least 4 members (excludes halogenated alkanes) is 18. The lowest BCUT2D eigenvalue weighted by atomic mass is 10.1. The smallest absolute Gasteiger partial charge is 0.462 e. The summed E-state index contributed by atoms with van der Waals surface area (Å²) in [5, 5.41) is 10.6. The Morgan fingerprint density at radius 2 is 0.570 bits per heavy atom. The first-order valence-corrected chi connectivity index (χ1v) is 40.7. The molecule has 100 heavy (non-hydrogen) atoms. The summed E-state index contributed by atoms with van der Waals surface area (Å²) in [6.45, 7) is 4.31. The second-order valence-corrected chi connectivity index (χ2v) is 27.4. The molecule has 0 aromatic carbocycles. The highest BCUT2D eigenvalue weighted by molar-refractivity contribution is 7.47. The van der Waals surface area contributed by atoms with Gasteiger partial charge in [-0.1, -0.05) is 282 Å². The molecule has 0 aromatic rings.